The predicted molar refractivity (Wildman–Crippen MR) is 63.4 cm³/mol. The van der Waals surface area contributed by atoms with Gasteiger partial charge in [-0.2, -0.15) is 0 Å². The lowest BCUT2D eigenvalue weighted by Gasteiger charge is -2.37. The molecule has 0 saturated heterocycles. The van der Waals surface area contributed by atoms with Crippen molar-refractivity contribution in [1.29, 1.82) is 0 Å². The molecule has 1 heteroatoms. The smallest absolute Gasteiger partial charge is 0.0215 e. The molecule has 0 bridgehead atoms. The fourth-order valence-electron chi connectivity index (χ4n) is 2.40. The number of rotatable bonds is 6. The summed E-state index contributed by atoms with van der Waals surface area (Å²) in [6.45, 7) is 8.69. The van der Waals surface area contributed by atoms with Crippen LogP contribution >= 0.6 is 0 Å². The Kier molecular flexibility index (Phi) is 4.95. The lowest BCUT2D eigenvalue weighted by molar-refractivity contribution is 0.235. The van der Waals surface area contributed by atoms with E-state index < -0.39 is 0 Å². The first-order valence-corrected chi connectivity index (χ1v) is 5.80. The molecule has 0 aromatic carbocycles. The van der Waals surface area contributed by atoms with Crippen molar-refractivity contribution in [3.63, 3.8) is 0 Å². The lowest BCUT2D eigenvalue weighted by Crippen LogP contribution is -2.46. The SMILES string of the molecule is C=CCCNC1(CC=C)CCCCC1. The molecule has 14 heavy (non-hydrogen) atoms. The van der Waals surface area contributed by atoms with Crippen molar-refractivity contribution in [3.8, 4) is 0 Å². The van der Waals surface area contributed by atoms with Crippen LogP contribution < -0.4 is 5.32 Å². The van der Waals surface area contributed by atoms with Crippen LogP contribution in [0.5, 0.6) is 0 Å². The van der Waals surface area contributed by atoms with E-state index in [1.807, 2.05) is 6.08 Å². The van der Waals surface area contributed by atoms with Crippen LogP contribution in [0.25, 0.3) is 0 Å². The van der Waals surface area contributed by atoms with Gasteiger partial charge in [-0.05, 0) is 32.2 Å². The van der Waals surface area contributed by atoms with Crippen molar-refractivity contribution in [2.24, 2.45) is 0 Å². The van der Waals surface area contributed by atoms with E-state index in [0.717, 1.165) is 19.4 Å². The summed E-state index contributed by atoms with van der Waals surface area (Å²) in [5, 5.41) is 3.69. The molecule has 0 aliphatic heterocycles. The van der Waals surface area contributed by atoms with Gasteiger partial charge in [-0.1, -0.05) is 31.4 Å². The van der Waals surface area contributed by atoms with Crippen molar-refractivity contribution in [2.45, 2.75) is 50.5 Å². The molecular weight excluding hydrogens is 170 g/mol. The standard InChI is InChI=1S/C13H23N/c1-3-5-12-14-13(9-4-2)10-7-6-8-11-13/h3-4,14H,1-2,5-12H2. The van der Waals surface area contributed by atoms with Crippen LogP contribution in [-0.4, -0.2) is 12.1 Å². The molecule has 1 nitrogen and oxygen atoms in total. The summed E-state index contributed by atoms with van der Waals surface area (Å²) in [6, 6.07) is 0. The predicted octanol–water partition coefficient (Wildman–Crippen LogP) is 3.43. The minimum atomic E-state index is 0.364. The van der Waals surface area contributed by atoms with Gasteiger partial charge in [0.2, 0.25) is 0 Å². The summed E-state index contributed by atoms with van der Waals surface area (Å²) in [5.41, 5.74) is 0.364. The Morgan fingerprint density at radius 3 is 2.36 bits per heavy atom. The first-order chi connectivity index (χ1) is 6.83. The summed E-state index contributed by atoms with van der Waals surface area (Å²) < 4.78 is 0. The Hall–Kier alpha value is -0.560. The van der Waals surface area contributed by atoms with Crippen LogP contribution in [0.15, 0.2) is 25.3 Å². The third-order valence-corrected chi connectivity index (χ3v) is 3.19. The highest BCUT2D eigenvalue weighted by molar-refractivity contribution is 4.96. The third-order valence-electron chi connectivity index (χ3n) is 3.19. The van der Waals surface area contributed by atoms with Crippen LogP contribution in [-0.2, 0) is 0 Å². The summed E-state index contributed by atoms with van der Waals surface area (Å²) in [4.78, 5) is 0. The summed E-state index contributed by atoms with van der Waals surface area (Å²) in [5.74, 6) is 0. The van der Waals surface area contributed by atoms with Gasteiger partial charge >= 0.3 is 0 Å². The molecule has 1 fully saturated rings. The molecule has 1 N–H and O–H groups in total. The van der Waals surface area contributed by atoms with Gasteiger partial charge < -0.3 is 5.32 Å². The zero-order valence-electron chi connectivity index (χ0n) is 9.23. The maximum Gasteiger partial charge on any atom is 0.0215 e. The van der Waals surface area contributed by atoms with Gasteiger partial charge in [0.05, 0.1) is 0 Å². The second-order valence-electron chi connectivity index (χ2n) is 4.34. The van der Waals surface area contributed by atoms with Crippen LogP contribution in [0.1, 0.15) is 44.9 Å². The van der Waals surface area contributed by atoms with Crippen LogP contribution in [0.3, 0.4) is 0 Å². The van der Waals surface area contributed by atoms with Gasteiger partial charge in [-0.15, -0.1) is 13.2 Å². The van der Waals surface area contributed by atoms with Crippen LogP contribution in [0, 0.1) is 0 Å². The Morgan fingerprint density at radius 1 is 1.07 bits per heavy atom. The van der Waals surface area contributed by atoms with Crippen molar-refractivity contribution in [1.82, 2.24) is 5.32 Å². The first kappa shape index (κ1) is 11.5. The minimum absolute atomic E-state index is 0.364. The highest BCUT2D eigenvalue weighted by atomic mass is 15.0. The molecule has 0 spiro atoms. The molecule has 1 rings (SSSR count). The molecule has 0 amide bonds. The second kappa shape index (κ2) is 6.02. The molecule has 1 saturated carbocycles. The molecule has 0 atom stereocenters. The zero-order valence-corrected chi connectivity index (χ0v) is 9.23. The molecule has 0 aromatic heterocycles. The maximum atomic E-state index is 3.87. The molecular formula is C13H23N. The van der Waals surface area contributed by atoms with E-state index in [1.165, 1.54) is 32.1 Å². The van der Waals surface area contributed by atoms with Crippen LogP contribution in [0.2, 0.25) is 0 Å². The van der Waals surface area contributed by atoms with Crippen molar-refractivity contribution < 1.29 is 0 Å². The van der Waals surface area contributed by atoms with E-state index in [2.05, 4.69) is 24.6 Å². The van der Waals surface area contributed by atoms with E-state index in [1.54, 1.807) is 0 Å². The van der Waals surface area contributed by atoms with Gasteiger partial charge in [-0.25, -0.2) is 0 Å². The van der Waals surface area contributed by atoms with Gasteiger partial charge in [-0.3, -0.25) is 0 Å². The number of hydrogen-bond donors (Lipinski definition) is 1. The van der Waals surface area contributed by atoms with E-state index in [-0.39, 0.29) is 0 Å². The number of nitrogens with one attached hydrogen (secondary N) is 1. The summed E-state index contributed by atoms with van der Waals surface area (Å²) in [7, 11) is 0. The lowest BCUT2D eigenvalue weighted by atomic mass is 9.79. The van der Waals surface area contributed by atoms with E-state index in [9.17, 15) is 0 Å². The molecule has 1 aliphatic rings. The van der Waals surface area contributed by atoms with Gasteiger partial charge in [0.15, 0.2) is 0 Å². The van der Waals surface area contributed by atoms with E-state index in [0.29, 0.717) is 5.54 Å². The number of hydrogen-bond acceptors (Lipinski definition) is 1. The van der Waals surface area contributed by atoms with Gasteiger partial charge in [0.25, 0.3) is 0 Å². The molecule has 1 aliphatic carbocycles. The van der Waals surface area contributed by atoms with E-state index in [4.69, 9.17) is 0 Å². The Bertz CT molecular complexity index is 178. The third kappa shape index (κ3) is 3.30. The van der Waals surface area contributed by atoms with Crippen molar-refractivity contribution >= 4 is 0 Å². The maximum absolute atomic E-state index is 3.87. The van der Waals surface area contributed by atoms with Crippen molar-refractivity contribution in [2.75, 3.05) is 6.54 Å². The zero-order chi connectivity index (χ0) is 10.3. The largest absolute Gasteiger partial charge is 0.311 e. The molecule has 0 radical (unpaired) electrons. The molecule has 0 unspecified atom stereocenters. The normalized spacial score (nSPS) is 20.3. The molecule has 0 heterocycles. The summed E-state index contributed by atoms with van der Waals surface area (Å²) in [6.07, 6.45) is 13.0. The van der Waals surface area contributed by atoms with Gasteiger partial charge in [0, 0.05) is 5.54 Å². The Balaban J connectivity index is 2.42. The Labute approximate surface area is 88.3 Å². The fraction of sp³-hybridized carbons (Fsp3) is 0.692. The van der Waals surface area contributed by atoms with E-state index >= 15 is 0 Å². The average Bonchev–Trinajstić information content (AvgIpc) is 2.20. The highest BCUT2D eigenvalue weighted by Gasteiger charge is 2.29. The topological polar surface area (TPSA) is 12.0 Å². The summed E-state index contributed by atoms with van der Waals surface area (Å²) >= 11 is 0. The highest BCUT2D eigenvalue weighted by Crippen LogP contribution is 2.31. The van der Waals surface area contributed by atoms with Crippen molar-refractivity contribution in [3.05, 3.63) is 25.3 Å². The quantitative estimate of drug-likeness (QED) is 0.503. The average molecular weight is 193 g/mol. The monoisotopic (exact) mass is 193 g/mol. The fourth-order valence-corrected chi connectivity index (χ4v) is 2.40. The molecule has 0 aromatic rings. The second-order valence-corrected chi connectivity index (χ2v) is 4.34. The Morgan fingerprint density at radius 2 is 1.79 bits per heavy atom. The first-order valence-electron chi connectivity index (χ1n) is 5.80. The van der Waals surface area contributed by atoms with Gasteiger partial charge in [0.1, 0.15) is 0 Å². The molecule has 80 valence electrons. The van der Waals surface area contributed by atoms with Crippen LogP contribution in [0.4, 0.5) is 0 Å². The minimum Gasteiger partial charge on any atom is -0.311 e.